The van der Waals surface area contributed by atoms with Gasteiger partial charge in [0.2, 0.25) is 0 Å². The molecule has 1 aromatic heterocycles. The van der Waals surface area contributed by atoms with Crippen molar-refractivity contribution in [1.29, 1.82) is 0 Å². The zero-order chi connectivity index (χ0) is 25.8. The summed E-state index contributed by atoms with van der Waals surface area (Å²) >= 11 is 0. The highest BCUT2D eigenvalue weighted by atomic mass is 16.5. The van der Waals surface area contributed by atoms with Gasteiger partial charge in [0.05, 0.1) is 31.7 Å². The molecule has 1 unspecified atom stereocenters. The molecule has 0 fully saturated rings. The van der Waals surface area contributed by atoms with Crippen molar-refractivity contribution in [2.45, 2.75) is 12.5 Å². The van der Waals surface area contributed by atoms with Crippen LogP contribution < -0.4 is 24.6 Å². The summed E-state index contributed by atoms with van der Waals surface area (Å²) < 4.78 is 28.3. The van der Waals surface area contributed by atoms with Crippen LogP contribution in [0.5, 0.6) is 23.0 Å². The maximum absolute atomic E-state index is 13.4. The molecule has 0 saturated carbocycles. The Hall–Kier alpha value is -4.46. The molecule has 8 nitrogen and oxygen atoms in total. The van der Waals surface area contributed by atoms with E-state index < -0.39 is 11.7 Å². The normalized spacial score (nSPS) is 14.6. The van der Waals surface area contributed by atoms with Gasteiger partial charge in [0, 0.05) is 6.54 Å². The molecule has 1 aliphatic rings. The molecule has 0 spiro atoms. The van der Waals surface area contributed by atoms with Gasteiger partial charge in [0.15, 0.2) is 18.1 Å². The van der Waals surface area contributed by atoms with Gasteiger partial charge in [0.25, 0.3) is 5.91 Å². The summed E-state index contributed by atoms with van der Waals surface area (Å²) in [5.74, 6) is 2.03. The lowest BCUT2D eigenvalue weighted by atomic mass is 9.92. The van der Waals surface area contributed by atoms with Crippen molar-refractivity contribution < 1.29 is 28.2 Å². The first-order chi connectivity index (χ1) is 18.1. The first-order valence-electron chi connectivity index (χ1n) is 11.9. The Kier molecular flexibility index (Phi) is 6.98. The second-order valence-corrected chi connectivity index (χ2v) is 8.60. The van der Waals surface area contributed by atoms with Crippen molar-refractivity contribution in [3.8, 4) is 23.0 Å². The topological polar surface area (TPSA) is 87.4 Å². The van der Waals surface area contributed by atoms with Gasteiger partial charge in [-0.05, 0) is 53.9 Å². The van der Waals surface area contributed by atoms with Gasteiger partial charge in [-0.1, -0.05) is 30.3 Å². The van der Waals surface area contributed by atoms with E-state index in [9.17, 15) is 9.59 Å². The Labute approximate surface area is 213 Å². The number of benzene rings is 3. The number of para-hydroxylation sites is 2. The third-order valence-electron chi connectivity index (χ3n) is 6.44. The number of amides is 1. The average molecular weight is 502 g/mol. The molecule has 190 valence electrons. The van der Waals surface area contributed by atoms with Gasteiger partial charge < -0.3 is 28.3 Å². The summed E-state index contributed by atoms with van der Waals surface area (Å²) in [5, 5.41) is 0.677. The van der Waals surface area contributed by atoms with Crippen LogP contribution in [0.1, 0.15) is 17.2 Å². The lowest BCUT2D eigenvalue weighted by Crippen LogP contribution is -2.44. The van der Waals surface area contributed by atoms with E-state index in [4.69, 9.17) is 23.4 Å². The van der Waals surface area contributed by atoms with Crippen molar-refractivity contribution in [3.63, 3.8) is 0 Å². The maximum atomic E-state index is 13.4. The van der Waals surface area contributed by atoms with Crippen LogP contribution in [0.4, 0.5) is 0 Å². The van der Waals surface area contributed by atoms with E-state index in [2.05, 4.69) is 0 Å². The Bertz CT molecular complexity index is 1460. The minimum Gasteiger partial charge on any atom is -0.493 e. The van der Waals surface area contributed by atoms with Crippen LogP contribution in [0, 0.1) is 0 Å². The first-order valence-corrected chi connectivity index (χ1v) is 11.9. The van der Waals surface area contributed by atoms with Crippen LogP contribution in [0.3, 0.4) is 0 Å². The molecule has 1 aliphatic heterocycles. The van der Waals surface area contributed by atoms with Crippen LogP contribution in [-0.2, 0) is 11.2 Å². The van der Waals surface area contributed by atoms with Crippen LogP contribution in [0.15, 0.2) is 82.0 Å². The fraction of sp³-hybridized carbons (Fsp3) is 0.241. The molecule has 8 heteroatoms. The molecule has 4 aromatic rings. The predicted octanol–water partition coefficient (Wildman–Crippen LogP) is 4.39. The summed E-state index contributed by atoms with van der Waals surface area (Å²) in [7, 11) is 3.17. The Morgan fingerprint density at radius 1 is 0.919 bits per heavy atom. The standard InChI is InChI=1S/C29H27NO7/c1-33-26-14-19-12-13-30(28(31)18-35-20-8-4-3-5-9-20)23(22(19)15-27(26)34-2)17-36-25-16-29(32)37-24-11-7-6-10-21(24)25/h3-11,14-16,23H,12-13,17-18H2,1-2H3. The second-order valence-electron chi connectivity index (χ2n) is 8.60. The third-order valence-corrected chi connectivity index (χ3v) is 6.44. The fourth-order valence-corrected chi connectivity index (χ4v) is 4.62. The van der Waals surface area contributed by atoms with Crippen LogP contribution in [0.25, 0.3) is 11.0 Å². The van der Waals surface area contributed by atoms with Crippen molar-refractivity contribution in [2.75, 3.05) is 34.0 Å². The number of hydrogen-bond acceptors (Lipinski definition) is 7. The Morgan fingerprint density at radius 2 is 1.65 bits per heavy atom. The number of rotatable bonds is 8. The van der Waals surface area contributed by atoms with Gasteiger partial charge in [-0.2, -0.15) is 0 Å². The van der Waals surface area contributed by atoms with Gasteiger partial charge >= 0.3 is 5.63 Å². The largest absolute Gasteiger partial charge is 0.493 e. The molecular formula is C29H27NO7. The van der Waals surface area contributed by atoms with E-state index >= 15 is 0 Å². The number of fused-ring (bicyclic) bond motifs is 2. The predicted molar refractivity (Wildman–Crippen MR) is 138 cm³/mol. The minimum absolute atomic E-state index is 0.110. The van der Waals surface area contributed by atoms with E-state index in [1.54, 1.807) is 31.3 Å². The van der Waals surface area contributed by atoms with Gasteiger partial charge in [-0.3, -0.25) is 4.79 Å². The third kappa shape index (κ3) is 5.09. The first kappa shape index (κ1) is 24.2. The molecule has 1 amide bonds. The molecule has 2 heterocycles. The minimum atomic E-state index is -0.506. The van der Waals surface area contributed by atoms with Gasteiger partial charge in [-0.15, -0.1) is 0 Å². The molecule has 0 bridgehead atoms. The van der Waals surface area contributed by atoms with Crippen molar-refractivity contribution in [2.24, 2.45) is 0 Å². The summed E-state index contributed by atoms with van der Waals surface area (Å²) in [6.07, 6.45) is 0.640. The van der Waals surface area contributed by atoms with Gasteiger partial charge in [0.1, 0.15) is 23.7 Å². The van der Waals surface area contributed by atoms with Crippen LogP contribution in [0.2, 0.25) is 0 Å². The zero-order valence-corrected chi connectivity index (χ0v) is 20.6. The molecule has 37 heavy (non-hydrogen) atoms. The van der Waals surface area contributed by atoms with Crippen molar-refractivity contribution in [1.82, 2.24) is 4.90 Å². The smallest absolute Gasteiger partial charge is 0.339 e. The SMILES string of the molecule is COc1cc2c(cc1OC)C(COc1cc(=O)oc3ccccc13)N(C(=O)COc1ccccc1)CC2. The molecule has 0 N–H and O–H groups in total. The molecule has 0 radical (unpaired) electrons. The summed E-state index contributed by atoms with van der Waals surface area (Å²) in [6.45, 7) is 0.485. The highest BCUT2D eigenvalue weighted by Gasteiger charge is 2.33. The summed E-state index contributed by atoms with van der Waals surface area (Å²) in [5.41, 5.74) is 1.86. The highest BCUT2D eigenvalue weighted by Crippen LogP contribution is 2.39. The van der Waals surface area contributed by atoms with Gasteiger partial charge in [-0.25, -0.2) is 4.79 Å². The number of methoxy groups -OCH3 is 2. The fourth-order valence-electron chi connectivity index (χ4n) is 4.62. The average Bonchev–Trinajstić information content (AvgIpc) is 2.94. The van der Waals surface area contributed by atoms with E-state index in [0.29, 0.717) is 46.9 Å². The van der Waals surface area contributed by atoms with Crippen LogP contribution >= 0.6 is 0 Å². The number of nitrogens with zero attached hydrogens (tertiary/aromatic N) is 1. The quantitative estimate of drug-likeness (QED) is 0.331. The molecule has 5 rings (SSSR count). The lowest BCUT2D eigenvalue weighted by molar-refractivity contribution is -0.137. The maximum Gasteiger partial charge on any atom is 0.339 e. The van der Waals surface area contributed by atoms with E-state index in [-0.39, 0.29) is 19.1 Å². The second kappa shape index (κ2) is 10.7. The zero-order valence-electron chi connectivity index (χ0n) is 20.6. The van der Waals surface area contributed by atoms with Crippen LogP contribution in [-0.4, -0.2) is 44.8 Å². The number of carbonyl (C=O) groups is 1. The summed E-state index contributed by atoms with van der Waals surface area (Å²) in [4.78, 5) is 27.3. The summed E-state index contributed by atoms with van der Waals surface area (Å²) in [6, 6.07) is 21.1. The Balaban J connectivity index is 1.47. The molecule has 0 saturated heterocycles. The molecule has 1 atom stereocenters. The molecular weight excluding hydrogens is 474 g/mol. The van der Waals surface area contributed by atoms with E-state index in [1.165, 1.54) is 6.07 Å². The highest BCUT2D eigenvalue weighted by molar-refractivity contribution is 5.83. The number of hydrogen-bond donors (Lipinski definition) is 0. The van der Waals surface area contributed by atoms with E-state index in [1.807, 2.05) is 54.6 Å². The Morgan fingerprint density at radius 3 is 2.43 bits per heavy atom. The number of carbonyl (C=O) groups excluding carboxylic acids is 1. The van der Waals surface area contributed by atoms with Crippen molar-refractivity contribution >= 4 is 16.9 Å². The number of ether oxygens (including phenoxy) is 4. The lowest BCUT2D eigenvalue weighted by Gasteiger charge is -2.37. The van der Waals surface area contributed by atoms with E-state index in [0.717, 1.165) is 11.1 Å². The monoisotopic (exact) mass is 501 g/mol. The molecule has 0 aliphatic carbocycles. The van der Waals surface area contributed by atoms with Crippen molar-refractivity contribution in [3.05, 3.63) is 94.3 Å². The molecule has 3 aromatic carbocycles.